The number of carbonyl (C=O) groups is 1. The monoisotopic (exact) mass is 331 g/mol. The Bertz CT molecular complexity index is 738. The van der Waals surface area contributed by atoms with Crippen LogP contribution in [0.3, 0.4) is 0 Å². The third kappa shape index (κ3) is 2.93. The Morgan fingerprint density at radius 2 is 2.29 bits per heavy atom. The SMILES string of the molecule is Cc1cc(C[C@@H]2COC[C@@H]2NC(=O)c2nnc3n2CCCC3)on1. The fourth-order valence-electron chi connectivity index (χ4n) is 3.44. The van der Waals surface area contributed by atoms with Gasteiger partial charge < -0.3 is 19.1 Å². The molecule has 2 aromatic heterocycles. The van der Waals surface area contributed by atoms with Crippen molar-refractivity contribution >= 4 is 5.91 Å². The molecule has 1 fully saturated rings. The highest BCUT2D eigenvalue weighted by Gasteiger charge is 2.32. The zero-order valence-electron chi connectivity index (χ0n) is 13.7. The molecule has 0 aliphatic carbocycles. The predicted molar refractivity (Wildman–Crippen MR) is 83.5 cm³/mol. The number of carbonyl (C=O) groups excluding carboxylic acids is 1. The van der Waals surface area contributed by atoms with Gasteiger partial charge in [-0.05, 0) is 19.8 Å². The van der Waals surface area contributed by atoms with Crippen molar-refractivity contribution < 1.29 is 14.1 Å². The average molecular weight is 331 g/mol. The van der Waals surface area contributed by atoms with Gasteiger partial charge in [-0.1, -0.05) is 5.16 Å². The molecule has 128 valence electrons. The zero-order chi connectivity index (χ0) is 16.5. The second kappa shape index (κ2) is 6.35. The third-order valence-electron chi connectivity index (χ3n) is 4.72. The van der Waals surface area contributed by atoms with E-state index in [4.69, 9.17) is 9.26 Å². The summed E-state index contributed by atoms with van der Waals surface area (Å²) in [6.07, 6.45) is 3.75. The van der Waals surface area contributed by atoms with Gasteiger partial charge in [-0.25, -0.2) is 0 Å². The van der Waals surface area contributed by atoms with Gasteiger partial charge in [0, 0.05) is 31.4 Å². The highest BCUT2D eigenvalue weighted by Crippen LogP contribution is 2.21. The molecule has 0 bridgehead atoms. The van der Waals surface area contributed by atoms with Crippen molar-refractivity contribution in [3.8, 4) is 0 Å². The first-order valence-electron chi connectivity index (χ1n) is 8.43. The fraction of sp³-hybridized carbons (Fsp3) is 0.625. The van der Waals surface area contributed by atoms with Crippen molar-refractivity contribution in [2.24, 2.45) is 5.92 Å². The number of nitrogens with one attached hydrogen (secondary N) is 1. The minimum Gasteiger partial charge on any atom is -0.379 e. The minimum atomic E-state index is -0.176. The molecular formula is C16H21N5O3. The quantitative estimate of drug-likeness (QED) is 0.894. The first-order chi connectivity index (χ1) is 11.7. The Balaban J connectivity index is 1.44. The lowest BCUT2D eigenvalue weighted by atomic mass is 9.98. The molecule has 1 saturated heterocycles. The van der Waals surface area contributed by atoms with Crippen LogP contribution in [0, 0.1) is 12.8 Å². The summed E-state index contributed by atoms with van der Waals surface area (Å²) in [5, 5.41) is 15.2. The van der Waals surface area contributed by atoms with Crippen LogP contribution in [-0.4, -0.2) is 45.1 Å². The molecule has 2 aliphatic heterocycles. The standard InChI is InChI=1S/C16H21N5O3/c1-10-6-12(24-20-10)7-11-8-23-9-13(11)17-16(22)15-19-18-14-4-2-3-5-21(14)15/h6,11,13H,2-5,7-9H2,1H3,(H,17,22)/t11-,13+/m1/s1. The average Bonchev–Trinajstić information content (AvgIpc) is 3.28. The molecule has 24 heavy (non-hydrogen) atoms. The van der Waals surface area contributed by atoms with Crippen molar-refractivity contribution in [1.82, 2.24) is 25.2 Å². The van der Waals surface area contributed by atoms with Crippen LogP contribution in [0.2, 0.25) is 0 Å². The van der Waals surface area contributed by atoms with Gasteiger partial charge in [0.05, 0.1) is 24.9 Å². The maximum Gasteiger partial charge on any atom is 0.289 e. The van der Waals surface area contributed by atoms with Crippen molar-refractivity contribution in [3.63, 3.8) is 0 Å². The summed E-state index contributed by atoms with van der Waals surface area (Å²) in [4.78, 5) is 12.6. The van der Waals surface area contributed by atoms with E-state index >= 15 is 0 Å². The summed E-state index contributed by atoms with van der Waals surface area (Å²) in [6, 6.07) is 1.87. The van der Waals surface area contributed by atoms with E-state index in [1.807, 2.05) is 17.6 Å². The molecule has 2 aromatic rings. The molecule has 0 radical (unpaired) electrons. The highest BCUT2D eigenvalue weighted by atomic mass is 16.5. The zero-order valence-corrected chi connectivity index (χ0v) is 13.7. The van der Waals surface area contributed by atoms with Crippen molar-refractivity contribution in [3.05, 3.63) is 29.2 Å². The number of amides is 1. The first-order valence-corrected chi connectivity index (χ1v) is 8.43. The number of hydrogen-bond donors (Lipinski definition) is 1. The molecule has 4 rings (SSSR count). The molecule has 2 aliphatic rings. The normalized spacial score (nSPS) is 23.2. The largest absolute Gasteiger partial charge is 0.379 e. The molecule has 2 atom stereocenters. The molecule has 0 saturated carbocycles. The molecule has 1 N–H and O–H groups in total. The number of aromatic nitrogens is 4. The summed E-state index contributed by atoms with van der Waals surface area (Å²) >= 11 is 0. The van der Waals surface area contributed by atoms with Crippen LogP contribution in [0.25, 0.3) is 0 Å². The lowest BCUT2D eigenvalue weighted by Gasteiger charge is -2.19. The molecule has 0 unspecified atom stereocenters. The van der Waals surface area contributed by atoms with E-state index in [0.717, 1.165) is 43.1 Å². The minimum absolute atomic E-state index is 0.0561. The number of fused-ring (bicyclic) bond motifs is 1. The van der Waals surface area contributed by atoms with Gasteiger partial charge in [-0.15, -0.1) is 10.2 Å². The van der Waals surface area contributed by atoms with E-state index in [1.165, 1.54) is 0 Å². The Hall–Kier alpha value is -2.22. The van der Waals surface area contributed by atoms with Crippen LogP contribution in [0.15, 0.2) is 10.6 Å². The third-order valence-corrected chi connectivity index (χ3v) is 4.72. The van der Waals surface area contributed by atoms with Crippen LogP contribution >= 0.6 is 0 Å². The van der Waals surface area contributed by atoms with Gasteiger partial charge >= 0.3 is 0 Å². The van der Waals surface area contributed by atoms with Gasteiger partial charge in [-0.2, -0.15) is 0 Å². The summed E-state index contributed by atoms with van der Waals surface area (Å²) in [5.74, 6) is 2.13. The van der Waals surface area contributed by atoms with E-state index in [1.54, 1.807) is 0 Å². The summed E-state index contributed by atoms with van der Waals surface area (Å²) in [7, 11) is 0. The molecule has 1 amide bonds. The van der Waals surface area contributed by atoms with Gasteiger partial charge in [0.15, 0.2) is 0 Å². The van der Waals surface area contributed by atoms with E-state index in [2.05, 4.69) is 20.7 Å². The van der Waals surface area contributed by atoms with E-state index in [9.17, 15) is 4.79 Å². The number of hydrogen-bond acceptors (Lipinski definition) is 6. The van der Waals surface area contributed by atoms with Gasteiger partial charge in [0.25, 0.3) is 5.91 Å². The summed E-state index contributed by atoms with van der Waals surface area (Å²) in [6.45, 7) is 3.81. The molecule has 8 nitrogen and oxygen atoms in total. The van der Waals surface area contributed by atoms with Gasteiger partial charge in [0.1, 0.15) is 11.6 Å². The number of rotatable bonds is 4. The fourth-order valence-corrected chi connectivity index (χ4v) is 3.44. The van der Waals surface area contributed by atoms with Crippen LogP contribution in [0.1, 0.15) is 40.7 Å². The topological polar surface area (TPSA) is 95.1 Å². The second-order valence-electron chi connectivity index (χ2n) is 6.56. The lowest BCUT2D eigenvalue weighted by molar-refractivity contribution is 0.0908. The van der Waals surface area contributed by atoms with Crippen molar-refractivity contribution in [2.75, 3.05) is 13.2 Å². The second-order valence-corrected chi connectivity index (χ2v) is 6.56. The Labute approximate surface area is 139 Å². The van der Waals surface area contributed by atoms with E-state index in [-0.39, 0.29) is 17.9 Å². The number of ether oxygens (including phenoxy) is 1. The molecule has 4 heterocycles. The Morgan fingerprint density at radius 3 is 3.12 bits per heavy atom. The molecule has 8 heteroatoms. The smallest absolute Gasteiger partial charge is 0.289 e. The van der Waals surface area contributed by atoms with Gasteiger partial charge in [-0.3, -0.25) is 4.79 Å². The lowest BCUT2D eigenvalue weighted by Crippen LogP contribution is -2.41. The molecule has 0 spiro atoms. The van der Waals surface area contributed by atoms with E-state index in [0.29, 0.717) is 25.5 Å². The van der Waals surface area contributed by atoms with Crippen LogP contribution in [0.5, 0.6) is 0 Å². The molecular weight excluding hydrogens is 310 g/mol. The van der Waals surface area contributed by atoms with Crippen molar-refractivity contribution in [2.45, 2.75) is 45.2 Å². The maximum absolute atomic E-state index is 12.6. The first kappa shape index (κ1) is 15.3. The van der Waals surface area contributed by atoms with Crippen LogP contribution in [0.4, 0.5) is 0 Å². The Kier molecular flexibility index (Phi) is 4.05. The number of nitrogens with zero attached hydrogens (tertiary/aromatic N) is 4. The number of aryl methyl sites for hydroxylation is 2. The van der Waals surface area contributed by atoms with Crippen LogP contribution in [-0.2, 0) is 24.1 Å². The molecule has 0 aromatic carbocycles. The highest BCUT2D eigenvalue weighted by molar-refractivity contribution is 5.91. The van der Waals surface area contributed by atoms with Crippen molar-refractivity contribution in [1.29, 1.82) is 0 Å². The summed E-state index contributed by atoms with van der Waals surface area (Å²) < 4.78 is 12.8. The van der Waals surface area contributed by atoms with Crippen LogP contribution < -0.4 is 5.32 Å². The predicted octanol–water partition coefficient (Wildman–Crippen LogP) is 0.898. The van der Waals surface area contributed by atoms with E-state index < -0.39 is 0 Å². The maximum atomic E-state index is 12.6. The Morgan fingerprint density at radius 1 is 1.38 bits per heavy atom. The van der Waals surface area contributed by atoms with Gasteiger partial charge in [0.2, 0.25) is 5.82 Å². The summed E-state index contributed by atoms with van der Waals surface area (Å²) in [5.41, 5.74) is 0.861.